The van der Waals surface area contributed by atoms with E-state index in [0.29, 0.717) is 4.90 Å². The van der Waals surface area contributed by atoms with Gasteiger partial charge in [-0.3, -0.25) is 4.55 Å². The molecule has 15 heteroatoms. The zero-order valence-corrected chi connectivity index (χ0v) is 34.7. The Labute approximate surface area is 320 Å². The molecule has 0 atom stereocenters. The van der Waals surface area contributed by atoms with Crippen LogP contribution in [0.25, 0.3) is 0 Å². The molecule has 0 fully saturated rings. The summed E-state index contributed by atoms with van der Waals surface area (Å²) in [5.41, 5.74) is 6.72. The Balaban J connectivity index is 0.000000654. The molecular formula is C37H47Cl2N3O7S3. The Morgan fingerprint density at radius 3 is 1.29 bits per heavy atom. The van der Waals surface area contributed by atoms with E-state index in [9.17, 15) is 25.3 Å². The summed E-state index contributed by atoms with van der Waals surface area (Å²) in [5, 5.41) is 8.15. The number of allylic oxidation sites excluding steroid dienone is 1. The van der Waals surface area contributed by atoms with E-state index < -0.39 is 29.2 Å². The van der Waals surface area contributed by atoms with Crippen molar-refractivity contribution in [2.45, 2.75) is 69.7 Å². The van der Waals surface area contributed by atoms with Gasteiger partial charge in [0, 0.05) is 31.2 Å². The maximum atomic E-state index is 11.2. The lowest BCUT2D eigenvalue weighted by atomic mass is 10.1. The molecule has 4 aromatic rings. The first-order valence-corrected chi connectivity index (χ1v) is 21.1. The van der Waals surface area contributed by atoms with Gasteiger partial charge in [0.05, 0.1) is 20.8 Å². The molecule has 0 saturated heterocycles. The highest BCUT2D eigenvalue weighted by Crippen LogP contribution is 2.17. The second-order valence-electron chi connectivity index (χ2n) is 11.4. The monoisotopic (exact) mass is 811 g/mol. The third-order valence-corrected chi connectivity index (χ3v) is 10.8. The average Bonchev–Trinajstić information content (AvgIpc) is 3.06. The number of hydrogen-bond acceptors (Lipinski definition) is 8. The third-order valence-electron chi connectivity index (χ3n) is 6.51. The van der Waals surface area contributed by atoms with Crippen LogP contribution in [0, 0.1) is 39.0 Å². The molecule has 0 aliphatic heterocycles. The van der Waals surface area contributed by atoms with Gasteiger partial charge in [-0.05, 0) is 96.1 Å². The maximum absolute atomic E-state index is 11.2. The van der Waals surface area contributed by atoms with Gasteiger partial charge >= 0.3 is 0 Å². The lowest BCUT2D eigenvalue weighted by Gasteiger charge is -2.19. The van der Waals surface area contributed by atoms with Crippen LogP contribution in [0.3, 0.4) is 0 Å². The van der Waals surface area contributed by atoms with Crippen LogP contribution in [-0.2, 0) is 35.7 Å². The van der Waals surface area contributed by atoms with Gasteiger partial charge < -0.3 is 4.90 Å². The predicted octanol–water partition coefficient (Wildman–Crippen LogP) is 8.51. The van der Waals surface area contributed by atoms with Crippen molar-refractivity contribution in [3.63, 3.8) is 0 Å². The minimum Gasteiger partial charge on any atom is -0.361 e. The summed E-state index contributed by atoms with van der Waals surface area (Å²) in [5.74, 6) is 0. The average molecular weight is 813 g/mol. The smallest absolute Gasteiger partial charge is 0.294 e. The Morgan fingerprint density at radius 2 is 1.00 bits per heavy atom. The van der Waals surface area contributed by atoms with Crippen molar-refractivity contribution < 1.29 is 29.8 Å². The van der Waals surface area contributed by atoms with Crippen molar-refractivity contribution >= 4 is 51.5 Å². The zero-order valence-electron chi connectivity index (χ0n) is 30.7. The van der Waals surface area contributed by atoms with Crippen LogP contribution in [0.2, 0.25) is 0 Å². The van der Waals surface area contributed by atoms with Gasteiger partial charge in [0.2, 0.25) is 10.0 Å². The Hall–Kier alpha value is -3.74. The third kappa shape index (κ3) is 19.8. The van der Waals surface area contributed by atoms with Gasteiger partial charge in [-0.1, -0.05) is 94.5 Å². The molecule has 2 N–H and O–H groups in total. The Morgan fingerprint density at radius 1 is 0.692 bits per heavy atom. The molecule has 0 spiro atoms. The number of sulfonamides is 1. The van der Waals surface area contributed by atoms with E-state index in [1.54, 1.807) is 54.6 Å². The summed E-state index contributed by atoms with van der Waals surface area (Å²) in [6.45, 7) is 14.1. The van der Waals surface area contributed by atoms with Crippen LogP contribution in [-0.4, -0.2) is 48.8 Å². The largest absolute Gasteiger partial charge is 0.361 e. The lowest BCUT2D eigenvalue weighted by molar-refractivity contribution is 0.433. The molecular weight excluding hydrogens is 766 g/mol. The van der Waals surface area contributed by atoms with Gasteiger partial charge in [0.15, 0.2) is 0 Å². The summed E-state index contributed by atoms with van der Waals surface area (Å²) in [6, 6.07) is 29.3. The minimum atomic E-state index is -4.02. The van der Waals surface area contributed by atoms with Crippen molar-refractivity contribution in [1.82, 2.24) is 9.62 Å². The van der Waals surface area contributed by atoms with Crippen LogP contribution in [0.4, 0.5) is 0 Å². The number of nitrogens with one attached hydrogen (secondary N) is 1. The minimum absolute atomic E-state index is 0.0666. The fourth-order valence-electron chi connectivity index (χ4n) is 3.66. The number of rotatable bonds is 7. The maximum Gasteiger partial charge on any atom is 0.294 e. The zero-order chi connectivity index (χ0) is 40.3. The molecule has 0 aliphatic carbocycles. The second-order valence-corrected chi connectivity index (χ2v) is 17.6. The number of nitriles is 1. The molecule has 0 radical (unpaired) electrons. The van der Waals surface area contributed by atoms with E-state index in [0.717, 1.165) is 34.0 Å². The SMILES string of the molecule is CC#N.CC(C)=C(Cl)N(C)Cc1ccc(C)cc1.CNS(=O)(=O)c1ccc(C)cc1.Cc1ccc(S(=O)(=O)Cl)cc1.Cc1ccc(S(=O)(=O)O)cc1. The molecule has 0 aromatic heterocycles. The molecule has 0 amide bonds. The predicted molar refractivity (Wildman–Crippen MR) is 211 cm³/mol. The summed E-state index contributed by atoms with van der Waals surface area (Å²) >= 11 is 6.15. The second kappa shape index (κ2) is 23.0. The topological polar surface area (TPSA) is 162 Å². The van der Waals surface area contributed by atoms with Gasteiger partial charge in [0.1, 0.15) is 5.16 Å². The standard InChI is InChI=1S/C13H18ClN.C8H11NO2S.C7H7ClO2S.C7H8O3S.C2H3N/c1-10(2)13(14)15(4)9-12-7-5-11(3)6-8-12;1-7-3-5-8(6-4-7)12(10,11)9-2;2*1-6-2-4-7(5-3-6)11(8,9)10;1-2-3/h5-8H,9H2,1-4H3;3-6,9H,1-2H3;2-5H,1H3;2-5H,1H3,(H,8,9,10);1H3. The first-order chi connectivity index (χ1) is 24.0. The number of nitrogens with zero attached hydrogens (tertiary/aromatic N) is 2. The van der Waals surface area contributed by atoms with Crippen LogP contribution < -0.4 is 4.72 Å². The van der Waals surface area contributed by atoms with Gasteiger partial charge in [0.25, 0.3) is 19.2 Å². The van der Waals surface area contributed by atoms with E-state index in [1.165, 1.54) is 49.4 Å². The van der Waals surface area contributed by atoms with Gasteiger partial charge in [-0.25, -0.2) is 21.6 Å². The van der Waals surface area contributed by atoms with E-state index in [2.05, 4.69) is 40.8 Å². The van der Waals surface area contributed by atoms with Crippen molar-refractivity contribution in [2.75, 3.05) is 14.1 Å². The highest BCUT2D eigenvalue weighted by molar-refractivity contribution is 8.13. The summed E-state index contributed by atoms with van der Waals surface area (Å²) < 4.78 is 75.6. The van der Waals surface area contributed by atoms with E-state index in [4.69, 9.17) is 32.1 Å². The fourth-order valence-corrected chi connectivity index (χ4v) is 5.70. The van der Waals surface area contributed by atoms with Gasteiger partial charge in [-0.2, -0.15) is 13.7 Å². The molecule has 10 nitrogen and oxygen atoms in total. The molecule has 52 heavy (non-hydrogen) atoms. The van der Waals surface area contributed by atoms with Gasteiger partial charge in [-0.15, -0.1) is 0 Å². The molecule has 0 saturated carbocycles. The summed E-state index contributed by atoms with van der Waals surface area (Å²) in [6.07, 6.45) is 0. The first kappa shape index (κ1) is 48.3. The number of aryl methyl sites for hydroxylation is 4. The van der Waals surface area contributed by atoms with Crippen LogP contribution in [0.15, 0.2) is 122 Å². The fraction of sp³-hybridized carbons (Fsp3) is 0.270. The molecule has 4 aromatic carbocycles. The molecule has 0 bridgehead atoms. The first-order valence-electron chi connectivity index (χ1n) is 15.4. The highest BCUT2D eigenvalue weighted by atomic mass is 35.7. The Bertz CT molecular complexity index is 2000. The lowest BCUT2D eigenvalue weighted by Crippen LogP contribution is -2.18. The quantitative estimate of drug-likeness (QED) is 0.106. The van der Waals surface area contributed by atoms with Crippen molar-refractivity contribution in [2.24, 2.45) is 0 Å². The van der Waals surface area contributed by atoms with Crippen LogP contribution in [0.1, 0.15) is 48.6 Å². The van der Waals surface area contributed by atoms with Crippen molar-refractivity contribution in [1.29, 1.82) is 5.26 Å². The number of halogens is 2. The number of benzene rings is 4. The molecule has 4 rings (SSSR count). The highest BCUT2D eigenvalue weighted by Gasteiger charge is 2.10. The summed E-state index contributed by atoms with van der Waals surface area (Å²) in [7, 11) is -2.34. The normalized spacial score (nSPS) is 10.5. The Kier molecular flexibility index (Phi) is 21.4. The molecule has 0 aliphatic rings. The van der Waals surface area contributed by atoms with E-state index in [-0.39, 0.29) is 9.79 Å². The summed E-state index contributed by atoms with van der Waals surface area (Å²) in [4.78, 5) is 2.44. The van der Waals surface area contributed by atoms with Crippen LogP contribution >= 0.6 is 22.3 Å². The molecule has 0 heterocycles. The molecule has 0 unspecified atom stereocenters. The molecule has 284 valence electrons. The number of hydrogen-bond donors (Lipinski definition) is 2. The van der Waals surface area contributed by atoms with Crippen LogP contribution in [0.5, 0.6) is 0 Å². The van der Waals surface area contributed by atoms with E-state index in [1.807, 2.05) is 41.7 Å². The van der Waals surface area contributed by atoms with E-state index >= 15 is 0 Å². The van der Waals surface area contributed by atoms with Crippen molar-refractivity contribution in [3.8, 4) is 6.07 Å². The van der Waals surface area contributed by atoms with Crippen molar-refractivity contribution in [3.05, 3.63) is 136 Å².